The Labute approximate surface area is 226 Å². The maximum atomic E-state index is 14.0. The number of benzene rings is 2. The molecule has 196 valence electrons. The van der Waals surface area contributed by atoms with Gasteiger partial charge in [0.15, 0.2) is 11.9 Å². The van der Waals surface area contributed by atoms with E-state index < -0.39 is 5.41 Å². The van der Waals surface area contributed by atoms with Crippen LogP contribution >= 0.6 is 0 Å². The van der Waals surface area contributed by atoms with Gasteiger partial charge in [0.2, 0.25) is 0 Å². The maximum Gasteiger partial charge on any atom is 0.317 e. The number of esters is 1. The zero-order valence-electron chi connectivity index (χ0n) is 21.5. The zero-order valence-corrected chi connectivity index (χ0v) is 22.2. The van der Waals surface area contributed by atoms with E-state index in [9.17, 15) is 4.79 Å². The first kappa shape index (κ1) is 26.0. The van der Waals surface area contributed by atoms with Crippen molar-refractivity contribution in [3.8, 4) is 11.3 Å². The van der Waals surface area contributed by atoms with Crippen molar-refractivity contribution in [3.05, 3.63) is 78.0 Å². The fourth-order valence-electron chi connectivity index (χ4n) is 7.00. The summed E-state index contributed by atoms with van der Waals surface area (Å²) in [5.41, 5.74) is 2.68. The van der Waals surface area contributed by atoms with E-state index in [-0.39, 0.29) is 24.5 Å². The van der Waals surface area contributed by atoms with Gasteiger partial charge in [0.25, 0.3) is 0 Å². The van der Waals surface area contributed by atoms with Gasteiger partial charge >= 0.3 is 5.97 Å². The number of ether oxygens (including phenoxy) is 1. The minimum Gasteiger partial charge on any atom is -1.00 e. The monoisotopic (exact) mass is 520 g/mol. The molecule has 3 aliphatic heterocycles. The van der Waals surface area contributed by atoms with Crippen molar-refractivity contribution >= 4 is 5.97 Å². The molecule has 1 aromatic heterocycles. The van der Waals surface area contributed by atoms with Crippen LogP contribution in [0, 0.1) is 5.92 Å². The van der Waals surface area contributed by atoms with Gasteiger partial charge in [-0.3, -0.25) is 4.79 Å². The van der Waals surface area contributed by atoms with Crippen molar-refractivity contribution in [3.63, 3.8) is 0 Å². The van der Waals surface area contributed by atoms with Gasteiger partial charge in [-0.25, -0.2) is 0 Å². The van der Waals surface area contributed by atoms with Crippen LogP contribution < -0.4 is 12.4 Å². The van der Waals surface area contributed by atoms with Gasteiger partial charge in [-0.1, -0.05) is 91.5 Å². The summed E-state index contributed by atoms with van der Waals surface area (Å²) < 4.78 is 13.1. The van der Waals surface area contributed by atoms with Crippen molar-refractivity contribution in [2.45, 2.75) is 69.4 Å². The Kier molecular flexibility index (Phi) is 7.73. The topological polar surface area (TPSA) is 52.3 Å². The zero-order chi connectivity index (χ0) is 24.4. The first-order valence-corrected chi connectivity index (χ1v) is 13.8. The van der Waals surface area contributed by atoms with Crippen LogP contribution in [0.15, 0.2) is 71.3 Å². The lowest BCUT2D eigenvalue weighted by Crippen LogP contribution is -3.00. The molecule has 4 aliphatic rings. The quantitative estimate of drug-likeness (QED) is 0.284. The van der Waals surface area contributed by atoms with Gasteiger partial charge in [0.05, 0.1) is 18.5 Å². The number of hydrogen-bond donors (Lipinski definition) is 0. The van der Waals surface area contributed by atoms with Crippen LogP contribution in [0.5, 0.6) is 0 Å². The lowest BCUT2D eigenvalue weighted by molar-refractivity contribution is -0.958. The highest BCUT2D eigenvalue weighted by atomic mass is 35.5. The summed E-state index contributed by atoms with van der Waals surface area (Å²) in [5, 5.41) is 4.42. The Balaban J connectivity index is 0.00000280. The molecule has 1 atom stereocenters. The standard InChI is InChI=1S/C31H37N2O3.ClH/c34-30(31(17-9-1-2-10-18-31)26-13-7-4-8-14-26)35-29-23-33(19-15-25(29)16-20-33)22-27-21-28(36-32-27)24-11-5-3-6-12-24;/h3-8,11-14,21,25,29H,1-2,9-10,15-20,22-23H2;1H/q+1;/p-1/t25?,29-,33?;/m0./s1. The normalized spacial score (nSPS) is 26.6. The van der Waals surface area contributed by atoms with Crippen molar-refractivity contribution in [1.82, 2.24) is 5.16 Å². The molecular weight excluding hydrogens is 484 g/mol. The third-order valence-electron chi connectivity index (χ3n) is 9.09. The number of fused-ring (bicyclic) bond motifs is 3. The number of carbonyl (C=O) groups excluding carboxylic acids is 1. The molecule has 37 heavy (non-hydrogen) atoms. The largest absolute Gasteiger partial charge is 1.00 e. The second-order valence-corrected chi connectivity index (χ2v) is 11.3. The summed E-state index contributed by atoms with van der Waals surface area (Å²) in [6.07, 6.45) is 8.60. The Hall–Kier alpha value is -2.63. The summed E-state index contributed by atoms with van der Waals surface area (Å²) in [5.74, 6) is 1.31. The SMILES string of the molecule is O=C(O[C@H]1C[N+]2(Cc3cc(-c4ccccc4)on3)CCC1CC2)C1(c2ccccc2)CCCCCC1.[Cl-]. The summed E-state index contributed by atoms with van der Waals surface area (Å²) >= 11 is 0. The Bertz CT molecular complexity index is 1160. The molecule has 2 aromatic carbocycles. The van der Waals surface area contributed by atoms with Crippen LogP contribution in [0.1, 0.15) is 62.6 Å². The minimum atomic E-state index is -0.495. The molecule has 1 aliphatic carbocycles. The van der Waals surface area contributed by atoms with Crippen molar-refractivity contribution in [1.29, 1.82) is 0 Å². The number of aromatic nitrogens is 1. The molecular formula is C31H37ClN2O3. The molecule has 3 aromatic rings. The van der Waals surface area contributed by atoms with Gasteiger partial charge < -0.3 is 26.2 Å². The third kappa shape index (κ3) is 5.21. The summed E-state index contributed by atoms with van der Waals surface area (Å²) in [4.78, 5) is 14.0. The van der Waals surface area contributed by atoms with Gasteiger partial charge in [-0.05, 0) is 18.4 Å². The molecule has 0 N–H and O–H groups in total. The first-order chi connectivity index (χ1) is 17.7. The van der Waals surface area contributed by atoms with E-state index in [4.69, 9.17) is 9.26 Å². The second-order valence-electron chi connectivity index (χ2n) is 11.3. The second kappa shape index (κ2) is 11.0. The molecule has 4 heterocycles. The number of hydrogen-bond acceptors (Lipinski definition) is 4. The highest BCUT2D eigenvalue weighted by molar-refractivity contribution is 5.83. The first-order valence-electron chi connectivity index (χ1n) is 13.8. The predicted molar refractivity (Wildman–Crippen MR) is 139 cm³/mol. The van der Waals surface area contributed by atoms with E-state index in [1.54, 1.807) is 0 Å². The van der Waals surface area contributed by atoms with Crippen molar-refractivity contribution in [2.75, 3.05) is 19.6 Å². The van der Waals surface area contributed by atoms with Crippen molar-refractivity contribution < 1.29 is 30.9 Å². The van der Waals surface area contributed by atoms with Gasteiger partial charge in [0, 0.05) is 30.4 Å². The number of nitrogens with zero attached hydrogens (tertiary/aromatic N) is 2. The summed E-state index contributed by atoms with van der Waals surface area (Å²) in [6.45, 7) is 3.96. The van der Waals surface area contributed by atoms with Crippen LogP contribution in [0.2, 0.25) is 0 Å². The molecule has 4 fully saturated rings. The van der Waals surface area contributed by atoms with Crippen LogP contribution in [-0.4, -0.2) is 41.3 Å². The van der Waals surface area contributed by atoms with E-state index in [0.29, 0.717) is 5.92 Å². The van der Waals surface area contributed by atoms with Gasteiger partial charge in [0.1, 0.15) is 18.8 Å². The fraction of sp³-hybridized carbons (Fsp3) is 0.484. The Morgan fingerprint density at radius 1 is 0.946 bits per heavy atom. The van der Waals surface area contributed by atoms with Crippen LogP contribution in [0.3, 0.4) is 0 Å². The highest BCUT2D eigenvalue weighted by Crippen LogP contribution is 2.42. The molecule has 0 radical (unpaired) electrons. The number of piperidine rings is 3. The Morgan fingerprint density at radius 3 is 2.27 bits per heavy atom. The average molecular weight is 521 g/mol. The summed E-state index contributed by atoms with van der Waals surface area (Å²) in [7, 11) is 0. The van der Waals surface area contributed by atoms with Gasteiger partial charge in [-0.15, -0.1) is 0 Å². The van der Waals surface area contributed by atoms with Crippen LogP contribution in [0.4, 0.5) is 0 Å². The third-order valence-corrected chi connectivity index (χ3v) is 9.09. The lowest BCUT2D eigenvalue weighted by atomic mass is 9.74. The number of rotatable bonds is 6. The number of halogens is 1. The molecule has 5 nitrogen and oxygen atoms in total. The number of carbonyl (C=O) groups is 1. The highest BCUT2D eigenvalue weighted by Gasteiger charge is 2.50. The van der Waals surface area contributed by atoms with E-state index in [1.165, 1.54) is 12.8 Å². The van der Waals surface area contributed by atoms with Gasteiger partial charge in [-0.2, -0.15) is 0 Å². The summed E-state index contributed by atoms with van der Waals surface area (Å²) in [6, 6.07) is 22.6. The molecule has 0 amide bonds. The Morgan fingerprint density at radius 2 is 1.59 bits per heavy atom. The molecule has 0 unspecified atom stereocenters. The molecule has 3 saturated heterocycles. The van der Waals surface area contributed by atoms with Crippen molar-refractivity contribution in [2.24, 2.45) is 5.92 Å². The molecule has 2 bridgehead atoms. The van der Waals surface area contributed by atoms with Crippen LogP contribution in [0.25, 0.3) is 11.3 Å². The number of quaternary nitrogens is 1. The predicted octanol–water partition coefficient (Wildman–Crippen LogP) is 3.29. The smallest absolute Gasteiger partial charge is 0.317 e. The van der Waals surface area contributed by atoms with E-state index in [0.717, 1.165) is 91.8 Å². The maximum absolute atomic E-state index is 14.0. The van der Waals surface area contributed by atoms with E-state index in [2.05, 4.69) is 47.6 Å². The lowest BCUT2D eigenvalue weighted by Gasteiger charge is -2.52. The molecule has 0 spiro atoms. The van der Waals surface area contributed by atoms with Crippen LogP contribution in [-0.2, 0) is 21.5 Å². The van der Waals surface area contributed by atoms with E-state index >= 15 is 0 Å². The van der Waals surface area contributed by atoms with E-state index in [1.807, 2.05) is 24.3 Å². The molecule has 6 heteroatoms. The molecule has 7 rings (SSSR count). The fourth-order valence-corrected chi connectivity index (χ4v) is 7.00. The molecule has 1 saturated carbocycles. The minimum absolute atomic E-state index is 0. The average Bonchev–Trinajstić information content (AvgIpc) is 3.23.